The third-order valence-electron chi connectivity index (χ3n) is 4.44. The van der Waals surface area contributed by atoms with Crippen molar-refractivity contribution in [1.82, 2.24) is 10.2 Å². The van der Waals surface area contributed by atoms with Gasteiger partial charge in [-0.2, -0.15) is 0 Å². The molecule has 1 heterocycles. The van der Waals surface area contributed by atoms with Crippen LogP contribution in [0.15, 0.2) is 0 Å². The van der Waals surface area contributed by atoms with Crippen molar-refractivity contribution >= 4 is 17.8 Å². The highest BCUT2D eigenvalue weighted by molar-refractivity contribution is 6.21. The molecule has 0 aromatic carbocycles. The number of urea groups is 1. The van der Waals surface area contributed by atoms with Crippen LogP contribution < -0.4 is 5.32 Å². The van der Waals surface area contributed by atoms with Crippen LogP contribution in [0.1, 0.15) is 45.4 Å². The van der Waals surface area contributed by atoms with Crippen LogP contribution in [-0.2, 0) is 9.59 Å². The second-order valence-corrected chi connectivity index (χ2v) is 5.69. The van der Waals surface area contributed by atoms with Gasteiger partial charge in [-0.15, -0.1) is 0 Å². The molecule has 0 bridgehead atoms. The second kappa shape index (κ2) is 3.09. The molecule has 0 radical (unpaired) electrons. The van der Waals surface area contributed by atoms with Gasteiger partial charge in [-0.05, 0) is 32.6 Å². The summed E-state index contributed by atoms with van der Waals surface area (Å²) in [6.45, 7) is 1.95. The third-order valence-corrected chi connectivity index (χ3v) is 4.44. The SMILES string of the molecule is CC1(N2C(=O)NC(=O)C3(CC3)C2=O)CCCC1. The van der Waals surface area contributed by atoms with Gasteiger partial charge in [0.05, 0.1) is 0 Å². The highest BCUT2D eigenvalue weighted by Crippen LogP contribution is 2.51. The van der Waals surface area contributed by atoms with Crippen LogP contribution in [0, 0.1) is 5.41 Å². The molecule has 1 N–H and O–H groups in total. The van der Waals surface area contributed by atoms with Crippen LogP contribution in [0.2, 0.25) is 0 Å². The van der Waals surface area contributed by atoms with E-state index in [0.29, 0.717) is 12.8 Å². The van der Waals surface area contributed by atoms with Crippen LogP contribution in [-0.4, -0.2) is 28.3 Å². The summed E-state index contributed by atoms with van der Waals surface area (Å²) in [5.41, 5.74) is -1.29. The Bertz CT molecular complexity index is 419. The molecule has 3 fully saturated rings. The van der Waals surface area contributed by atoms with Crippen molar-refractivity contribution in [2.75, 3.05) is 0 Å². The Balaban J connectivity index is 1.96. The topological polar surface area (TPSA) is 66.5 Å². The van der Waals surface area contributed by atoms with Crippen molar-refractivity contribution in [3.8, 4) is 0 Å². The molecule has 4 amide bonds. The minimum atomic E-state index is -0.903. The molecule has 3 rings (SSSR count). The molecule has 5 nitrogen and oxygen atoms in total. The molecule has 0 aromatic heterocycles. The van der Waals surface area contributed by atoms with Gasteiger partial charge in [0.1, 0.15) is 5.41 Å². The zero-order chi connectivity index (χ0) is 12.3. The number of carbonyl (C=O) groups is 3. The molecule has 17 heavy (non-hydrogen) atoms. The summed E-state index contributed by atoms with van der Waals surface area (Å²) in [6, 6.07) is -0.526. The largest absolute Gasteiger partial charge is 0.331 e. The van der Waals surface area contributed by atoms with E-state index in [1.54, 1.807) is 0 Å². The number of imide groups is 2. The van der Waals surface area contributed by atoms with Crippen molar-refractivity contribution in [3.05, 3.63) is 0 Å². The first-order valence-electron chi connectivity index (χ1n) is 6.20. The van der Waals surface area contributed by atoms with Gasteiger partial charge in [0.15, 0.2) is 0 Å². The second-order valence-electron chi connectivity index (χ2n) is 5.69. The molecule has 92 valence electrons. The molecule has 2 aliphatic carbocycles. The third kappa shape index (κ3) is 1.28. The van der Waals surface area contributed by atoms with Crippen LogP contribution >= 0.6 is 0 Å². The van der Waals surface area contributed by atoms with Gasteiger partial charge in [-0.25, -0.2) is 4.79 Å². The average Bonchev–Trinajstić information content (AvgIpc) is 2.95. The number of nitrogens with zero attached hydrogens (tertiary/aromatic N) is 1. The van der Waals surface area contributed by atoms with Crippen LogP contribution in [0.4, 0.5) is 4.79 Å². The smallest absolute Gasteiger partial charge is 0.277 e. The molecule has 5 heteroatoms. The Morgan fingerprint density at radius 3 is 2.18 bits per heavy atom. The van der Waals surface area contributed by atoms with E-state index >= 15 is 0 Å². The van der Waals surface area contributed by atoms with E-state index < -0.39 is 22.9 Å². The number of rotatable bonds is 1. The fourth-order valence-corrected chi connectivity index (χ4v) is 3.09. The standard InChI is InChI=1S/C12H16N2O3/c1-11(4-2-3-5-11)14-9(16)12(6-7-12)8(15)13-10(14)17/h2-7H2,1H3,(H,13,15,17). The predicted octanol–water partition coefficient (Wildman–Crippen LogP) is 1.18. The zero-order valence-electron chi connectivity index (χ0n) is 9.91. The normalized spacial score (nSPS) is 29.7. The number of carbonyl (C=O) groups excluding carboxylic acids is 3. The molecule has 1 spiro atoms. The molecule has 3 aliphatic rings. The summed E-state index contributed by atoms with van der Waals surface area (Å²) in [5.74, 6) is -0.666. The van der Waals surface area contributed by atoms with Gasteiger partial charge < -0.3 is 0 Å². The summed E-state index contributed by atoms with van der Waals surface area (Å²) >= 11 is 0. The molecule has 2 saturated carbocycles. The van der Waals surface area contributed by atoms with Crippen molar-refractivity contribution in [2.45, 2.75) is 51.0 Å². The lowest BCUT2D eigenvalue weighted by atomic mass is 9.92. The predicted molar refractivity (Wildman–Crippen MR) is 58.9 cm³/mol. The monoisotopic (exact) mass is 236 g/mol. The Kier molecular flexibility index (Phi) is 1.95. The van der Waals surface area contributed by atoms with E-state index in [4.69, 9.17) is 0 Å². The lowest BCUT2D eigenvalue weighted by molar-refractivity contribution is -0.148. The average molecular weight is 236 g/mol. The van der Waals surface area contributed by atoms with Crippen LogP contribution in [0.3, 0.4) is 0 Å². The lowest BCUT2D eigenvalue weighted by Gasteiger charge is -2.41. The maximum Gasteiger partial charge on any atom is 0.331 e. The van der Waals surface area contributed by atoms with E-state index in [9.17, 15) is 14.4 Å². The summed E-state index contributed by atoms with van der Waals surface area (Å²) in [5, 5.41) is 2.34. The van der Waals surface area contributed by atoms with Gasteiger partial charge >= 0.3 is 6.03 Å². The van der Waals surface area contributed by atoms with Gasteiger partial charge in [-0.1, -0.05) is 12.8 Å². The minimum Gasteiger partial charge on any atom is -0.277 e. The first kappa shape index (κ1) is 10.7. The number of hydrogen-bond donors (Lipinski definition) is 1. The highest BCUT2D eigenvalue weighted by atomic mass is 16.2. The maximum absolute atomic E-state index is 12.4. The Morgan fingerprint density at radius 1 is 1.06 bits per heavy atom. The number of barbiturate groups is 1. The van der Waals surface area contributed by atoms with Gasteiger partial charge in [-0.3, -0.25) is 19.8 Å². The van der Waals surface area contributed by atoms with Crippen molar-refractivity contribution in [3.63, 3.8) is 0 Å². The fraction of sp³-hybridized carbons (Fsp3) is 0.750. The van der Waals surface area contributed by atoms with Crippen LogP contribution in [0.25, 0.3) is 0 Å². The molecule has 0 atom stereocenters. The quantitative estimate of drug-likeness (QED) is 0.695. The number of nitrogens with one attached hydrogen (secondary N) is 1. The fourth-order valence-electron chi connectivity index (χ4n) is 3.09. The Labute approximate surface area is 99.5 Å². The van der Waals surface area contributed by atoms with E-state index in [1.807, 2.05) is 6.92 Å². The summed E-state index contributed by atoms with van der Waals surface area (Å²) in [6.07, 6.45) is 4.92. The maximum atomic E-state index is 12.4. The lowest BCUT2D eigenvalue weighted by Crippen LogP contribution is -2.65. The van der Waals surface area contributed by atoms with E-state index in [0.717, 1.165) is 25.7 Å². The van der Waals surface area contributed by atoms with E-state index in [1.165, 1.54) is 4.90 Å². The van der Waals surface area contributed by atoms with Gasteiger partial charge in [0.25, 0.3) is 0 Å². The van der Waals surface area contributed by atoms with Crippen LogP contribution in [0.5, 0.6) is 0 Å². The molecule has 0 unspecified atom stereocenters. The molecule has 1 saturated heterocycles. The zero-order valence-corrected chi connectivity index (χ0v) is 9.91. The van der Waals surface area contributed by atoms with E-state index in [-0.39, 0.29) is 5.91 Å². The molecule has 1 aliphatic heterocycles. The van der Waals surface area contributed by atoms with Gasteiger partial charge in [0, 0.05) is 5.54 Å². The van der Waals surface area contributed by atoms with Crippen molar-refractivity contribution in [1.29, 1.82) is 0 Å². The molecule has 0 aromatic rings. The van der Waals surface area contributed by atoms with Gasteiger partial charge in [0.2, 0.25) is 11.8 Å². The molecular formula is C12H16N2O3. The first-order chi connectivity index (χ1) is 8.00. The minimum absolute atomic E-state index is 0.268. The summed E-state index contributed by atoms with van der Waals surface area (Å²) in [7, 11) is 0. The first-order valence-corrected chi connectivity index (χ1v) is 6.20. The molecular weight excluding hydrogens is 220 g/mol. The summed E-state index contributed by atoms with van der Waals surface area (Å²) < 4.78 is 0. The summed E-state index contributed by atoms with van der Waals surface area (Å²) in [4.78, 5) is 37.3. The number of hydrogen-bond acceptors (Lipinski definition) is 3. The Morgan fingerprint density at radius 2 is 1.65 bits per heavy atom. The highest BCUT2D eigenvalue weighted by Gasteiger charge is 2.64. The van der Waals surface area contributed by atoms with Crippen molar-refractivity contribution < 1.29 is 14.4 Å². The number of amides is 4. The van der Waals surface area contributed by atoms with E-state index in [2.05, 4.69) is 5.32 Å². The van der Waals surface area contributed by atoms with Crippen molar-refractivity contribution in [2.24, 2.45) is 5.41 Å². The Hall–Kier alpha value is -1.39.